The number of pyridine rings is 1. The number of hydrogen-bond donors (Lipinski definition) is 2. The Labute approximate surface area is 194 Å². The lowest BCUT2D eigenvalue weighted by Gasteiger charge is -2.09. The molecule has 0 aliphatic heterocycles. The first kappa shape index (κ1) is 24.8. The number of anilines is 1. The van der Waals surface area contributed by atoms with Crippen molar-refractivity contribution in [2.24, 2.45) is 0 Å². The van der Waals surface area contributed by atoms with E-state index in [9.17, 15) is 18.7 Å². The summed E-state index contributed by atoms with van der Waals surface area (Å²) in [4.78, 5) is 16.9. The number of aryl methyl sites for hydroxylation is 1. The normalized spacial score (nSPS) is 11.8. The minimum Gasteiger partial charge on any atom is -0.495 e. The molecule has 34 heavy (non-hydrogen) atoms. The van der Waals surface area contributed by atoms with E-state index in [4.69, 9.17) is 9.26 Å². The Bertz CT molecular complexity index is 1270. The van der Waals surface area contributed by atoms with Gasteiger partial charge < -0.3 is 19.7 Å². The van der Waals surface area contributed by atoms with E-state index in [1.54, 1.807) is 48.2 Å². The zero-order chi connectivity index (χ0) is 24.8. The van der Waals surface area contributed by atoms with Crippen LogP contribution in [0.3, 0.4) is 0 Å². The van der Waals surface area contributed by atoms with Crippen LogP contribution in [0.2, 0.25) is 0 Å². The van der Waals surface area contributed by atoms with Crippen LogP contribution in [0, 0.1) is 6.92 Å². The number of ether oxygens (including phenoxy) is 1. The van der Waals surface area contributed by atoms with E-state index in [0.29, 0.717) is 28.1 Å². The van der Waals surface area contributed by atoms with Gasteiger partial charge >= 0.3 is 0 Å². The van der Waals surface area contributed by atoms with E-state index in [0.717, 1.165) is 5.56 Å². The molecule has 0 aliphatic carbocycles. The first-order chi connectivity index (χ1) is 16.4. The summed E-state index contributed by atoms with van der Waals surface area (Å²) in [5.74, 6) is 0.286. The third-order valence-electron chi connectivity index (χ3n) is 4.85. The fourth-order valence-corrected chi connectivity index (χ4v) is 3.07. The van der Waals surface area contributed by atoms with Crippen molar-refractivity contribution in [3.05, 3.63) is 59.7 Å². The summed E-state index contributed by atoms with van der Waals surface area (Å²) in [6, 6.07) is 8.57. The zero-order valence-corrected chi connectivity index (χ0v) is 19.1. The molecule has 3 heterocycles. The topological polar surface area (TPSA) is 115 Å². The molecule has 1 atom stereocenters. The van der Waals surface area contributed by atoms with E-state index in [1.165, 1.54) is 6.20 Å². The van der Waals surface area contributed by atoms with E-state index in [2.05, 4.69) is 20.6 Å². The molecule has 180 valence electrons. The molecule has 11 heteroatoms. The summed E-state index contributed by atoms with van der Waals surface area (Å²) in [7, 11) is 1.54. The van der Waals surface area contributed by atoms with Gasteiger partial charge in [-0.2, -0.15) is 10.1 Å². The van der Waals surface area contributed by atoms with Crippen molar-refractivity contribution < 1.29 is 27.9 Å². The Morgan fingerprint density at radius 3 is 2.74 bits per heavy atom. The third kappa shape index (κ3) is 5.37. The number of nitrogens with one attached hydrogen (secondary N) is 1. The number of amides is 1. The van der Waals surface area contributed by atoms with Crippen molar-refractivity contribution in [1.82, 2.24) is 19.8 Å². The molecule has 1 amide bonds. The van der Waals surface area contributed by atoms with Gasteiger partial charge in [0.2, 0.25) is 0 Å². The van der Waals surface area contributed by atoms with Crippen LogP contribution in [0.1, 0.15) is 35.6 Å². The van der Waals surface area contributed by atoms with Gasteiger partial charge in [0.15, 0.2) is 5.82 Å². The summed E-state index contributed by atoms with van der Waals surface area (Å²) in [6.45, 7) is 5.82. The van der Waals surface area contributed by atoms with Crippen LogP contribution in [-0.2, 0) is 6.42 Å². The van der Waals surface area contributed by atoms with Crippen molar-refractivity contribution in [3.63, 3.8) is 0 Å². The number of rotatable bonds is 7. The second-order valence-electron chi connectivity index (χ2n) is 7.06. The van der Waals surface area contributed by atoms with Crippen LogP contribution in [-0.4, -0.2) is 50.4 Å². The number of aliphatic hydroxyl groups is 1. The highest BCUT2D eigenvalue weighted by atomic mass is 19.3. The Kier molecular flexibility index (Phi) is 7.90. The second-order valence-corrected chi connectivity index (χ2v) is 7.06. The number of halogens is 2. The third-order valence-corrected chi connectivity index (χ3v) is 4.85. The van der Waals surface area contributed by atoms with Gasteiger partial charge in [-0.25, -0.2) is 13.3 Å². The van der Waals surface area contributed by atoms with E-state index in [1.807, 2.05) is 20.8 Å². The number of benzene rings is 1. The fraction of sp³-hybridized carbons (Fsp3) is 0.304. The molecule has 4 rings (SSSR count). The lowest BCUT2D eigenvalue weighted by Crippen LogP contribution is -2.20. The van der Waals surface area contributed by atoms with Gasteiger partial charge in [-0.1, -0.05) is 25.1 Å². The smallest absolute Gasteiger partial charge is 0.264 e. The Morgan fingerprint density at radius 1 is 1.26 bits per heavy atom. The van der Waals surface area contributed by atoms with Crippen LogP contribution in [0.5, 0.6) is 5.75 Å². The molecule has 0 saturated heterocycles. The number of carbonyl (C=O) groups is 1. The van der Waals surface area contributed by atoms with Gasteiger partial charge in [-0.05, 0) is 36.8 Å². The monoisotopic (exact) mass is 473 g/mol. The minimum absolute atomic E-state index is 0.0410. The molecule has 0 radical (unpaired) electrons. The molecule has 0 aliphatic rings. The summed E-state index contributed by atoms with van der Waals surface area (Å²) in [5, 5.41) is 20.0. The van der Waals surface area contributed by atoms with Crippen LogP contribution in [0.25, 0.3) is 17.0 Å². The quantitative estimate of drug-likeness (QED) is 0.414. The van der Waals surface area contributed by atoms with E-state index < -0.39 is 19.0 Å². The number of carbonyl (C=O) groups excluding carboxylic acids is 1. The highest BCUT2D eigenvalue weighted by Crippen LogP contribution is 2.26. The van der Waals surface area contributed by atoms with Crippen molar-refractivity contribution in [3.8, 4) is 17.2 Å². The molecule has 3 aromatic heterocycles. The van der Waals surface area contributed by atoms with E-state index in [-0.39, 0.29) is 17.6 Å². The summed E-state index contributed by atoms with van der Waals surface area (Å²) >= 11 is 0. The molecule has 9 nitrogen and oxygen atoms in total. The van der Waals surface area contributed by atoms with Crippen LogP contribution < -0.4 is 10.1 Å². The SMILES string of the molecule is CC.COc1ccc2c(C(=O)Nc3cc(-c4nc(CC(O)C(F)F)no4)ccc3C)cnn2c1. The lowest BCUT2D eigenvalue weighted by molar-refractivity contribution is -0.00495. The summed E-state index contributed by atoms with van der Waals surface area (Å²) in [6.07, 6.45) is -2.09. The highest BCUT2D eigenvalue weighted by molar-refractivity contribution is 6.09. The number of methoxy groups -OCH3 is 1. The Morgan fingerprint density at radius 2 is 2.03 bits per heavy atom. The standard InChI is InChI=1S/C21H19F2N5O4.C2H6/c1-11-3-4-12(21-26-18(27-32-21)8-17(29)19(22)23)7-15(11)25-20(30)14-9-24-28-10-13(31-2)5-6-16(14)28;1-2/h3-7,9-10,17,19,29H,8H2,1-2H3,(H,25,30);1-2H3. The minimum atomic E-state index is -2.90. The highest BCUT2D eigenvalue weighted by Gasteiger charge is 2.21. The first-order valence-corrected chi connectivity index (χ1v) is 10.6. The predicted octanol–water partition coefficient (Wildman–Crippen LogP) is 4.15. The number of aromatic nitrogens is 4. The molecular formula is C23H25F2N5O4. The maximum absolute atomic E-state index is 12.9. The number of alkyl halides is 2. The van der Waals surface area contributed by atoms with E-state index >= 15 is 0 Å². The Balaban J connectivity index is 0.00000158. The number of aliphatic hydroxyl groups excluding tert-OH is 1. The average molecular weight is 473 g/mol. The van der Waals surface area contributed by atoms with Crippen LogP contribution >= 0.6 is 0 Å². The number of fused-ring (bicyclic) bond motifs is 1. The Hall–Kier alpha value is -3.86. The summed E-state index contributed by atoms with van der Waals surface area (Å²) < 4.78 is 36.9. The zero-order valence-electron chi connectivity index (χ0n) is 19.1. The maximum atomic E-state index is 12.9. The predicted molar refractivity (Wildman–Crippen MR) is 121 cm³/mol. The van der Waals surface area contributed by atoms with Gasteiger partial charge in [0.1, 0.15) is 11.9 Å². The molecule has 1 aromatic carbocycles. The van der Waals surface area contributed by atoms with Gasteiger partial charge in [0, 0.05) is 17.7 Å². The van der Waals surface area contributed by atoms with Gasteiger partial charge in [-0.3, -0.25) is 4.79 Å². The molecule has 1 unspecified atom stereocenters. The van der Waals surface area contributed by atoms with Gasteiger partial charge in [0.05, 0.1) is 30.6 Å². The summed E-state index contributed by atoms with van der Waals surface area (Å²) in [5.41, 5.74) is 2.76. The largest absolute Gasteiger partial charge is 0.495 e. The van der Waals surface area contributed by atoms with Crippen molar-refractivity contribution >= 4 is 17.1 Å². The molecular weight excluding hydrogens is 448 g/mol. The molecule has 0 spiro atoms. The average Bonchev–Trinajstić information content (AvgIpc) is 3.48. The van der Waals surface area contributed by atoms with Crippen LogP contribution in [0.15, 0.2) is 47.2 Å². The first-order valence-electron chi connectivity index (χ1n) is 10.6. The van der Waals surface area contributed by atoms with Crippen molar-refractivity contribution in [1.29, 1.82) is 0 Å². The molecule has 2 N–H and O–H groups in total. The van der Waals surface area contributed by atoms with Gasteiger partial charge in [-0.15, -0.1) is 0 Å². The maximum Gasteiger partial charge on any atom is 0.264 e. The number of hydrogen-bond acceptors (Lipinski definition) is 7. The lowest BCUT2D eigenvalue weighted by atomic mass is 10.1. The molecule has 0 saturated carbocycles. The number of nitrogens with zero attached hydrogens (tertiary/aromatic N) is 4. The van der Waals surface area contributed by atoms with Crippen molar-refractivity contribution in [2.45, 2.75) is 39.7 Å². The fourth-order valence-electron chi connectivity index (χ4n) is 3.07. The molecule has 0 bridgehead atoms. The van der Waals surface area contributed by atoms with Crippen LogP contribution in [0.4, 0.5) is 14.5 Å². The molecule has 4 aromatic rings. The second kappa shape index (κ2) is 10.8. The van der Waals surface area contributed by atoms with Crippen molar-refractivity contribution in [2.75, 3.05) is 12.4 Å². The molecule has 0 fully saturated rings. The van der Waals surface area contributed by atoms with Gasteiger partial charge in [0.25, 0.3) is 18.2 Å².